The van der Waals surface area contributed by atoms with E-state index < -0.39 is 24.1 Å². The van der Waals surface area contributed by atoms with Crippen LogP contribution in [0.1, 0.15) is 45.4 Å². The van der Waals surface area contributed by atoms with Crippen molar-refractivity contribution in [3.63, 3.8) is 0 Å². The zero-order valence-electron chi connectivity index (χ0n) is 15.9. The molecule has 0 spiro atoms. The molecular weight excluding hydrogens is 322 g/mol. The number of carboxylic acids is 1. The molecule has 0 aliphatic heterocycles. The molecule has 0 aromatic rings. The Morgan fingerprint density at radius 3 is 2.32 bits per heavy atom. The van der Waals surface area contributed by atoms with E-state index in [9.17, 15) is 19.8 Å². The standard InChI is InChI=1S/C19H33NO5/c1-5-6-7-8-9-10-11-12-16(21)13-19(24)25-17(14-18(22)23)15-20(2,3)4/h6-7,9-10,16-17,21H,5,8,11-15H2,1-4H3/b7-6+,10-9+. The highest BCUT2D eigenvalue weighted by Crippen LogP contribution is 2.09. The van der Waals surface area contributed by atoms with E-state index in [4.69, 9.17) is 4.74 Å². The van der Waals surface area contributed by atoms with Crippen molar-refractivity contribution in [2.24, 2.45) is 0 Å². The van der Waals surface area contributed by atoms with Crippen molar-refractivity contribution < 1.29 is 29.0 Å². The first kappa shape index (κ1) is 23.3. The second kappa shape index (κ2) is 12.7. The Labute approximate surface area is 151 Å². The molecule has 0 amide bonds. The van der Waals surface area contributed by atoms with Gasteiger partial charge in [0.2, 0.25) is 0 Å². The molecule has 0 heterocycles. The summed E-state index contributed by atoms with van der Waals surface area (Å²) in [5.41, 5.74) is 0. The first-order valence-electron chi connectivity index (χ1n) is 8.82. The van der Waals surface area contributed by atoms with Crippen LogP contribution in [-0.2, 0) is 14.3 Å². The molecule has 0 fully saturated rings. The highest BCUT2D eigenvalue weighted by molar-refractivity contribution is 5.71. The summed E-state index contributed by atoms with van der Waals surface area (Å²) in [7, 11) is 5.65. The van der Waals surface area contributed by atoms with Crippen LogP contribution in [0.4, 0.5) is 0 Å². The third kappa shape index (κ3) is 15.6. The summed E-state index contributed by atoms with van der Waals surface area (Å²) in [5.74, 6) is -1.84. The summed E-state index contributed by atoms with van der Waals surface area (Å²) in [6.45, 7) is 2.44. The van der Waals surface area contributed by atoms with Gasteiger partial charge in [0.15, 0.2) is 6.10 Å². The maximum atomic E-state index is 11.9. The van der Waals surface area contributed by atoms with Crippen LogP contribution < -0.4 is 5.11 Å². The Bertz CT molecular complexity index is 451. The number of aliphatic hydroxyl groups excluding tert-OH is 1. The maximum absolute atomic E-state index is 11.9. The molecule has 0 aliphatic carbocycles. The van der Waals surface area contributed by atoms with Gasteiger partial charge in [-0.2, -0.15) is 0 Å². The predicted octanol–water partition coefficient (Wildman–Crippen LogP) is 1.19. The zero-order valence-corrected chi connectivity index (χ0v) is 15.9. The van der Waals surface area contributed by atoms with Crippen molar-refractivity contribution >= 4 is 11.9 Å². The fourth-order valence-corrected chi connectivity index (χ4v) is 2.31. The summed E-state index contributed by atoms with van der Waals surface area (Å²) in [4.78, 5) is 22.7. The lowest BCUT2D eigenvalue weighted by molar-refractivity contribution is -0.873. The largest absolute Gasteiger partial charge is 0.550 e. The van der Waals surface area contributed by atoms with Gasteiger partial charge in [0.05, 0.1) is 33.7 Å². The van der Waals surface area contributed by atoms with Gasteiger partial charge in [0, 0.05) is 12.4 Å². The number of carbonyl (C=O) groups excluding carboxylic acids is 2. The number of ether oxygens (including phenoxy) is 1. The minimum Gasteiger partial charge on any atom is -0.550 e. The number of quaternary nitrogens is 1. The van der Waals surface area contributed by atoms with Gasteiger partial charge in [0.1, 0.15) is 6.54 Å². The normalized spacial score (nSPS) is 14.8. The number of carbonyl (C=O) groups is 2. The van der Waals surface area contributed by atoms with Crippen LogP contribution in [0.25, 0.3) is 0 Å². The molecule has 0 bridgehead atoms. The molecule has 0 aromatic carbocycles. The number of aliphatic hydroxyl groups is 1. The number of likely N-dealkylation sites (N-methyl/N-ethyl adjacent to an activating group) is 1. The number of rotatable bonds is 13. The molecule has 144 valence electrons. The van der Waals surface area contributed by atoms with E-state index in [0.29, 0.717) is 23.9 Å². The van der Waals surface area contributed by atoms with E-state index in [2.05, 4.69) is 19.1 Å². The Hall–Kier alpha value is -1.66. The molecule has 0 radical (unpaired) electrons. The third-order valence-corrected chi connectivity index (χ3v) is 3.35. The minimum atomic E-state index is -1.26. The molecule has 6 nitrogen and oxygen atoms in total. The maximum Gasteiger partial charge on any atom is 0.308 e. The summed E-state index contributed by atoms with van der Waals surface area (Å²) >= 11 is 0. The number of esters is 1. The molecule has 6 heteroatoms. The van der Waals surface area contributed by atoms with Crippen molar-refractivity contribution in [1.29, 1.82) is 0 Å². The van der Waals surface area contributed by atoms with Crippen LogP contribution in [-0.4, -0.2) is 61.4 Å². The number of nitrogens with zero attached hydrogens (tertiary/aromatic N) is 1. The van der Waals surface area contributed by atoms with Gasteiger partial charge >= 0.3 is 5.97 Å². The van der Waals surface area contributed by atoms with Crippen LogP contribution in [0, 0.1) is 0 Å². The molecule has 1 N–H and O–H groups in total. The smallest absolute Gasteiger partial charge is 0.308 e. The molecule has 2 unspecified atom stereocenters. The second-order valence-corrected chi connectivity index (χ2v) is 7.18. The van der Waals surface area contributed by atoms with Gasteiger partial charge in [-0.3, -0.25) is 4.79 Å². The second-order valence-electron chi connectivity index (χ2n) is 7.18. The zero-order chi connectivity index (χ0) is 19.3. The monoisotopic (exact) mass is 355 g/mol. The van der Waals surface area contributed by atoms with Crippen LogP contribution in [0.15, 0.2) is 24.3 Å². The number of carboxylic acid groups (broad SMARTS) is 1. The predicted molar refractivity (Wildman–Crippen MR) is 95.4 cm³/mol. The lowest BCUT2D eigenvalue weighted by Crippen LogP contribution is -2.45. The molecular formula is C19H33NO5. The van der Waals surface area contributed by atoms with Crippen molar-refractivity contribution in [1.82, 2.24) is 0 Å². The number of hydrogen-bond donors (Lipinski definition) is 1. The fourth-order valence-electron chi connectivity index (χ4n) is 2.31. The molecule has 0 saturated carbocycles. The van der Waals surface area contributed by atoms with E-state index in [1.807, 2.05) is 33.3 Å². The fraction of sp³-hybridized carbons (Fsp3) is 0.684. The van der Waals surface area contributed by atoms with Gasteiger partial charge in [-0.15, -0.1) is 0 Å². The van der Waals surface area contributed by atoms with Crippen molar-refractivity contribution in [3.05, 3.63) is 24.3 Å². The van der Waals surface area contributed by atoms with E-state index in [-0.39, 0.29) is 12.8 Å². The molecule has 0 aromatic heterocycles. The highest BCUT2D eigenvalue weighted by Gasteiger charge is 2.23. The van der Waals surface area contributed by atoms with E-state index >= 15 is 0 Å². The van der Waals surface area contributed by atoms with Crippen LogP contribution in [0.3, 0.4) is 0 Å². The lowest BCUT2D eigenvalue weighted by atomic mass is 10.1. The summed E-state index contributed by atoms with van der Waals surface area (Å²) in [6, 6.07) is 0. The van der Waals surface area contributed by atoms with Crippen LogP contribution in [0.5, 0.6) is 0 Å². The molecule has 2 atom stereocenters. The van der Waals surface area contributed by atoms with Gasteiger partial charge < -0.3 is 24.2 Å². The third-order valence-electron chi connectivity index (χ3n) is 3.35. The first-order chi connectivity index (χ1) is 11.6. The Kier molecular flexibility index (Phi) is 11.8. The Balaban J connectivity index is 4.22. The van der Waals surface area contributed by atoms with Gasteiger partial charge in [-0.1, -0.05) is 31.2 Å². The van der Waals surface area contributed by atoms with E-state index in [0.717, 1.165) is 12.8 Å². The molecule has 0 aliphatic rings. The van der Waals surface area contributed by atoms with E-state index in [1.54, 1.807) is 0 Å². The van der Waals surface area contributed by atoms with Crippen molar-refractivity contribution in [2.75, 3.05) is 27.7 Å². The Morgan fingerprint density at radius 1 is 1.12 bits per heavy atom. The number of aliphatic carboxylic acids is 1. The van der Waals surface area contributed by atoms with Gasteiger partial charge in [-0.05, 0) is 25.7 Å². The summed E-state index contributed by atoms with van der Waals surface area (Å²) < 4.78 is 5.68. The van der Waals surface area contributed by atoms with Gasteiger partial charge in [-0.25, -0.2) is 0 Å². The SMILES string of the molecule is CC/C=C/C/C=C/CCC(O)CC(=O)OC(CC(=O)[O-])C[N+](C)(C)C. The lowest BCUT2D eigenvalue weighted by Gasteiger charge is -2.29. The van der Waals surface area contributed by atoms with Crippen molar-refractivity contribution in [2.45, 2.75) is 57.7 Å². The first-order valence-corrected chi connectivity index (χ1v) is 8.82. The van der Waals surface area contributed by atoms with Crippen molar-refractivity contribution in [3.8, 4) is 0 Å². The molecule has 0 saturated heterocycles. The highest BCUT2D eigenvalue weighted by atomic mass is 16.5. The minimum absolute atomic E-state index is 0.135. The van der Waals surface area contributed by atoms with E-state index in [1.165, 1.54) is 0 Å². The summed E-state index contributed by atoms with van der Waals surface area (Å²) in [6.07, 6.45) is 9.16. The topological polar surface area (TPSA) is 86.7 Å². The van der Waals surface area contributed by atoms with Crippen LogP contribution in [0.2, 0.25) is 0 Å². The van der Waals surface area contributed by atoms with Gasteiger partial charge in [0.25, 0.3) is 0 Å². The average molecular weight is 355 g/mol. The Morgan fingerprint density at radius 2 is 1.76 bits per heavy atom. The molecule has 25 heavy (non-hydrogen) atoms. The quantitative estimate of drug-likeness (QED) is 0.305. The summed E-state index contributed by atoms with van der Waals surface area (Å²) in [5, 5.41) is 20.7. The van der Waals surface area contributed by atoms with Crippen LogP contribution >= 0.6 is 0 Å². The number of hydrogen-bond acceptors (Lipinski definition) is 5. The number of allylic oxidation sites excluding steroid dienone is 4. The molecule has 0 rings (SSSR count). The average Bonchev–Trinajstić information content (AvgIpc) is 2.43.